The normalized spacial score (nSPS) is 10.4. The molecule has 1 amide bonds. The Balaban J connectivity index is 1.49. The number of thioether (sulfide) groups is 1. The number of carbonyl (C=O) groups is 1. The number of carbonyl (C=O) groups excluding carboxylic acids is 1. The molecule has 3 aromatic rings. The van der Waals surface area contributed by atoms with Gasteiger partial charge in [-0.3, -0.25) is 9.78 Å². The lowest BCUT2D eigenvalue weighted by Crippen LogP contribution is -2.24. The first-order valence-corrected chi connectivity index (χ1v) is 8.10. The lowest BCUT2D eigenvalue weighted by Gasteiger charge is -2.02. The zero-order valence-corrected chi connectivity index (χ0v) is 13.1. The number of nitrogens with zero attached hydrogens (tertiary/aromatic N) is 2. The van der Waals surface area contributed by atoms with Crippen molar-refractivity contribution in [3.63, 3.8) is 0 Å². The largest absolute Gasteiger partial charge is 0.356 e. The Morgan fingerprint density at radius 3 is 2.70 bits per heavy atom. The van der Waals surface area contributed by atoms with Gasteiger partial charge in [0.05, 0.1) is 12.3 Å². The molecule has 2 aromatic heterocycles. The van der Waals surface area contributed by atoms with E-state index >= 15 is 0 Å². The van der Waals surface area contributed by atoms with E-state index in [1.807, 2.05) is 48.5 Å². The average molecular weight is 325 g/mol. The molecule has 0 aliphatic rings. The predicted octanol–water partition coefficient (Wildman–Crippen LogP) is 3.15. The molecule has 116 valence electrons. The third kappa shape index (κ3) is 4.43. The number of rotatable bonds is 6. The van der Waals surface area contributed by atoms with Gasteiger partial charge in [-0.1, -0.05) is 35.5 Å². The lowest BCUT2D eigenvalue weighted by molar-refractivity contribution is -0.118. The van der Waals surface area contributed by atoms with E-state index in [0.717, 1.165) is 10.5 Å². The summed E-state index contributed by atoms with van der Waals surface area (Å²) in [5, 5.41) is 6.81. The van der Waals surface area contributed by atoms with Crippen molar-refractivity contribution in [2.45, 2.75) is 11.4 Å². The minimum absolute atomic E-state index is 0.0453. The number of hydrogen-bond acceptors (Lipinski definition) is 5. The molecule has 5 nitrogen and oxygen atoms in total. The number of amides is 1. The van der Waals surface area contributed by atoms with Crippen molar-refractivity contribution in [3.05, 3.63) is 66.6 Å². The zero-order chi connectivity index (χ0) is 15.9. The van der Waals surface area contributed by atoms with Gasteiger partial charge in [0.2, 0.25) is 5.91 Å². The van der Waals surface area contributed by atoms with Crippen LogP contribution in [0.2, 0.25) is 0 Å². The Hall–Kier alpha value is -2.60. The van der Waals surface area contributed by atoms with Crippen molar-refractivity contribution in [2.75, 3.05) is 5.75 Å². The molecule has 0 aliphatic carbocycles. The van der Waals surface area contributed by atoms with Gasteiger partial charge in [-0.15, -0.1) is 11.8 Å². The van der Waals surface area contributed by atoms with E-state index in [0.29, 0.717) is 23.8 Å². The van der Waals surface area contributed by atoms with E-state index in [-0.39, 0.29) is 5.91 Å². The van der Waals surface area contributed by atoms with Gasteiger partial charge in [-0.05, 0) is 12.1 Å². The van der Waals surface area contributed by atoms with E-state index in [1.165, 1.54) is 11.8 Å². The highest BCUT2D eigenvalue weighted by atomic mass is 32.2. The summed E-state index contributed by atoms with van der Waals surface area (Å²) in [6.07, 6.45) is 3.42. The Bertz CT molecular complexity index is 760. The van der Waals surface area contributed by atoms with Crippen molar-refractivity contribution < 1.29 is 9.32 Å². The number of nitrogens with one attached hydrogen (secondary N) is 1. The van der Waals surface area contributed by atoms with Crippen LogP contribution in [-0.4, -0.2) is 21.8 Å². The molecule has 0 saturated carbocycles. The molecule has 0 atom stereocenters. The maximum atomic E-state index is 11.9. The van der Waals surface area contributed by atoms with E-state index in [1.54, 1.807) is 12.4 Å². The average Bonchev–Trinajstić information content (AvgIpc) is 3.09. The van der Waals surface area contributed by atoms with Crippen LogP contribution in [0.4, 0.5) is 0 Å². The molecule has 0 radical (unpaired) electrons. The van der Waals surface area contributed by atoms with Crippen molar-refractivity contribution in [1.29, 1.82) is 0 Å². The lowest BCUT2D eigenvalue weighted by atomic mass is 10.2. The number of hydrogen-bond donors (Lipinski definition) is 1. The molecule has 1 aromatic carbocycles. The number of aromatic nitrogens is 2. The predicted molar refractivity (Wildman–Crippen MR) is 88.7 cm³/mol. The molecule has 23 heavy (non-hydrogen) atoms. The van der Waals surface area contributed by atoms with Crippen molar-refractivity contribution in [3.8, 4) is 11.3 Å². The van der Waals surface area contributed by atoms with Gasteiger partial charge in [0.25, 0.3) is 0 Å². The van der Waals surface area contributed by atoms with Crippen LogP contribution in [0.25, 0.3) is 11.3 Å². The van der Waals surface area contributed by atoms with Gasteiger partial charge < -0.3 is 9.84 Å². The quantitative estimate of drug-likeness (QED) is 0.705. The third-order valence-electron chi connectivity index (χ3n) is 3.10. The SMILES string of the molecule is O=C(CSc1ccncc1)NCc1cc(-c2ccccc2)on1. The van der Waals surface area contributed by atoms with Crippen molar-refractivity contribution >= 4 is 17.7 Å². The molecule has 0 unspecified atom stereocenters. The summed E-state index contributed by atoms with van der Waals surface area (Å²) in [7, 11) is 0. The smallest absolute Gasteiger partial charge is 0.230 e. The maximum Gasteiger partial charge on any atom is 0.230 e. The van der Waals surface area contributed by atoms with Crippen LogP contribution in [0.5, 0.6) is 0 Å². The summed E-state index contributed by atoms with van der Waals surface area (Å²) < 4.78 is 5.30. The minimum Gasteiger partial charge on any atom is -0.356 e. The molecule has 0 fully saturated rings. The molecule has 0 aliphatic heterocycles. The Labute approximate surface area is 138 Å². The van der Waals surface area contributed by atoms with Crippen LogP contribution in [0.1, 0.15) is 5.69 Å². The van der Waals surface area contributed by atoms with Gasteiger partial charge in [0, 0.05) is 28.9 Å². The fourth-order valence-corrected chi connectivity index (χ4v) is 2.67. The van der Waals surface area contributed by atoms with E-state index in [4.69, 9.17) is 4.52 Å². The highest BCUT2D eigenvalue weighted by Gasteiger charge is 2.08. The topological polar surface area (TPSA) is 68.0 Å². The summed E-state index contributed by atoms with van der Waals surface area (Å²) in [4.78, 5) is 16.8. The fourth-order valence-electron chi connectivity index (χ4n) is 1.96. The first-order valence-electron chi connectivity index (χ1n) is 7.12. The zero-order valence-electron chi connectivity index (χ0n) is 12.3. The van der Waals surface area contributed by atoms with E-state index < -0.39 is 0 Å². The van der Waals surface area contributed by atoms with Gasteiger partial charge >= 0.3 is 0 Å². The van der Waals surface area contributed by atoms with Crippen molar-refractivity contribution in [2.24, 2.45) is 0 Å². The van der Waals surface area contributed by atoms with E-state index in [2.05, 4.69) is 15.5 Å². The fraction of sp³-hybridized carbons (Fsp3) is 0.118. The second kappa shape index (κ2) is 7.60. The van der Waals surface area contributed by atoms with Gasteiger partial charge in [-0.25, -0.2) is 0 Å². The third-order valence-corrected chi connectivity index (χ3v) is 4.12. The first kappa shape index (κ1) is 15.3. The summed E-state index contributed by atoms with van der Waals surface area (Å²) in [6, 6.07) is 15.3. The molecular formula is C17H15N3O2S. The highest BCUT2D eigenvalue weighted by molar-refractivity contribution is 8.00. The van der Waals surface area contributed by atoms with Crippen LogP contribution in [0.15, 0.2) is 70.3 Å². The molecule has 1 N–H and O–H groups in total. The Kier molecular flexibility index (Phi) is 5.06. The Morgan fingerprint density at radius 1 is 1.13 bits per heavy atom. The molecule has 3 rings (SSSR count). The molecule has 0 bridgehead atoms. The monoisotopic (exact) mass is 325 g/mol. The Morgan fingerprint density at radius 2 is 1.91 bits per heavy atom. The maximum absolute atomic E-state index is 11.9. The molecule has 0 spiro atoms. The van der Waals surface area contributed by atoms with E-state index in [9.17, 15) is 4.79 Å². The number of pyridine rings is 1. The second-order valence-corrected chi connectivity index (χ2v) is 5.85. The first-order chi connectivity index (χ1) is 11.3. The molecule has 0 saturated heterocycles. The molecular weight excluding hydrogens is 310 g/mol. The van der Waals surface area contributed by atoms with Gasteiger partial charge in [-0.2, -0.15) is 0 Å². The second-order valence-electron chi connectivity index (χ2n) is 4.80. The van der Waals surface area contributed by atoms with Crippen LogP contribution < -0.4 is 5.32 Å². The molecule has 2 heterocycles. The highest BCUT2D eigenvalue weighted by Crippen LogP contribution is 2.19. The molecule has 6 heteroatoms. The van der Waals surface area contributed by atoms with Gasteiger partial charge in [0.15, 0.2) is 5.76 Å². The summed E-state index contributed by atoms with van der Waals surface area (Å²) >= 11 is 1.47. The summed E-state index contributed by atoms with van der Waals surface area (Å²) in [5.74, 6) is 1.00. The van der Waals surface area contributed by atoms with Gasteiger partial charge in [0.1, 0.15) is 5.69 Å². The van der Waals surface area contributed by atoms with Crippen LogP contribution in [-0.2, 0) is 11.3 Å². The van der Waals surface area contributed by atoms with Crippen LogP contribution in [0.3, 0.4) is 0 Å². The summed E-state index contributed by atoms with van der Waals surface area (Å²) in [6.45, 7) is 0.353. The number of benzene rings is 1. The van der Waals surface area contributed by atoms with Crippen LogP contribution >= 0.6 is 11.8 Å². The summed E-state index contributed by atoms with van der Waals surface area (Å²) in [5.41, 5.74) is 1.66. The van der Waals surface area contributed by atoms with Crippen LogP contribution in [0, 0.1) is 0 Å². The standard InChI is InChI=1S/C17H15N3O2S/c21-17(12-23-15-6-8-18-9-7-15)19-11-14-10-16(22-20-14)13-4-2-1-3-5-13/h1-10H,11-12H2,(H,19,21). The van der Waals surface area contributed by atoms with Crippen molar-refractivity contribution in [1.82, 2.24) is 15.5 Å². The minimum atomic E-state index is -0.0453.